The number of rotatable bonds is 5. The van der Waals surface area contributed by atoms with Gasteiger partial charge in [-0.25, -0.2) is 19.7 Å². The average molecular weight is 454 g/mol. The summed E-state index contributed by atoms with van der Waals surface area (Å²) in [5, 5.41) is 3.17. The molecule has 2 aromatic rings. The number of amides is 1. The fourth-order valence-electron chi connectivity index (χ4n) is 2.55. The molecule has 25 heavy (non-hydrogen) atoms. The Labute approximate surface area is 159 Å². The molecule has 1 aliphatic rings. The van der Waals surface area contributed by atoms with Gasteiger partial charge in [-0.3, -0.25) is 4.90 Å². The molecular formula is C16H19IN6O2. The number of hydrogen-bond acceptors (Lipinski definition) is 7. The molecule has 1 N–H and O–H groups in total. The van der Waals surface area contributed by atoms with Crippen LogP contribution >= 0.6 is 22.6 Å². The minimum atomic E-state index is -0.377. The fourth-order valence-corrected chi connectivity index (χ4v) is 2.83. The maximum Gasteiger partial charge on any atom is 0.415 e. The SMILES string of the molecule is CC(C)C1COC(=O)N1c1ccnc(N[C@@H](C)c2ncc(I)cn2)n1. The molecule has 9 heteroatoms. The molecule has 8 nitrogen and oxygen atoms in total. The largest absolute Gasteiger partial charge is 0.447 e. The Hall–Kier alpha value is -2.04. The number of aromatic nitrogens is 4. The van der Waals surface area contributed by atoms with Gasteiger partial charge in [-0.15, -0.1) is 0 Å². The molecule has 2 aromatic heterocycles. The van der Waals surface area contributed by atoms with E-state index >= 15 is 0 Å². The predicted octanol–water partition coefficient (Wildman–Crippen LogP) is 3.03. The van der Waals surface area contributed by atoms with Crippen molar-refractivity contribution in [1.82, 2.24) is 19.9 Å². The molecule has 2 atom stereocenters. The Morgan fingerprint density at radius 2 is 2.00 bits per heavy atom. The maximum absolute atomic E-state index is 12.1. The summed E-state index contributed by atoms with van der Waals surface area (Å²) < 4.78 is 6.15. The second-order valence-electron chi connectivity index (χ2n) is 6.12. The van der Waals surface area contributed by atoms with Gasteiger partial charge < -0.3 is 10.1 Å². The zero-order valence-electron chi connectivity index (χ0n) is 14.2. The number of cyclic esters (lactones) is 1. The second-order valence-corrected chi connectivity index (χ2v) is 7.37. The maximum atomic E-state index is 12.1. The summed E-state index contributed by atoms with van der Waals surface area (Å²) in [4.78, 5) is 31.0. The third-order valence-corrected chi connectivity index (χ3v) is 4.49. The summed E-state index contributed by atoms with van der Waals surface area (Å²) in [6.07, 6.45) is 4.75. The lowest BCUT2D eigenvalue weighted by Crippen LogP contribution is -2.37. The van der Waals surface area contributed by atoms with Crippen LogP contribution in [0.15, 0.2) is 24.7 Å². The van der Waals surface area contributed by atoms with Gasteiger partial charge in [0.25, 0.3) is 0 Å². The first-order valence-electron chi connectivity index (χ1n) is 7.98. The summed E-state index contributed by atoms with van der Waals surface area (Å²) in [6.45, 7) is 6.40. The minimum absolute atomic E-state index is 0.0350. The van der Waals surface area contributed by atoms with Gasteiger partial charge in [-0.1, -0.05) is 13.8 Å². The lowest BCUT2D eigenvalue weighted by atomic mass is 10.0. The Morgan fingerprint density at radius 3 is 2.68 bits per heavy atom. The van der Waals surface area contributed by atoms with Crippen LogP contribution in [0.2, 0.25) is 0 Å². The van der Waals surface area contributed by atoms with Crippen LogP contribution in [-0.2, 0) is 4.74 Å². The molecule has 0 bridgehead atoms. The van der Waals surface area contributed by atoms with Crippen molar-refractivity contribution in [2.24, 2.45) is 5.92 Å². The van der Waals surface area contributed by atoms with Crippen LogP contribution in [0.3, 0.4) is 0 Å². The van der Waals surface area contributed by atoms with E-state index in [2.05, 4.69) is 61.7 Å². The molecule has 0 spiro atoms. The fraction of sp³-hybridized carbons (Fsp3) is 0.438. The number of nitrogens with one attached hydrogen (secondary N) is 1. The third-order valence-electron chi connectivity index (χ3n) is 3.94. The van der Waals surface area contributed by atoms with E-state index in [-0.39, 0.29) is 24.1 Å². The summed E-state index contributed by atoms with van der Waals surface area (Å²) in [6, 6.07) is 1.50. The number of hydrogen-bond donors (Lipinski definition) is 1. The van der Waals surface area contributed by atoms with Crippen LogP contribution in [0.4, 0.5) is 16.6 Å². The van der Waals surface area contributed by atoms with Gasteiger partial charge in [0, 0.05) is 22.2 Å². The molecule has 1 aliphatic heterocycles. The van der Waals surface area contributed by atoms with E-state index in [1.807, 2.05) is 6.92 Å². The topological polar surface area (TPSA) is 93.1 Å². The van der Waals surface area contributed by atoms with Crippen molar-refractivity contribution in [3.63, 3.8) is 0 Å². The first kappa shape index (κ1) is 17.8. The Balaban J connectivity index is 1.79. The van der Waals surface area contributed by atoms with Crippen LogP contribution in [0.1, 0.15) is 32.6 Å². The summed E-state index contributed by atoms with van der Waals surface area (Å²) in [5.41, 5.74) is 0. The van der Waals surface area contributed by atoms with Gasteiger partial charge >= 0.3 is 6.09 Å². The van der Waals surface area contributed by atoms with Gasteiger partial charge in [0.05, 0.1) is 12.1 Å². The lowest BCUT2D eigenvalue weighted by Gasteiger charge is -2.23. The number of carbonyl (C=O) groups is 1. The first-order chi connectivity index (χ1) is 12.0. The Kier molecular flexibility index (Phi) is 5.30. The lowest BCUT2D eigenvalue weighted by molar-refractivity contribution is 0.177. The molecule has 0 saturated carbocycles. The highest BCUT2D eigenvalue weighted by Gasteiger charge is 2.37. The summed E-state index contributed by atoms with van der Waals surface area (Å²) in [7, 11) is 0. The van der Waals surface area contributed by atoms with E-state index in [4.69, 9.17) is 4.74 Å². The number of carbonyl (C=O) groups excluding carboxylic acids is 1. The smallest absolute Gasteiger partial charge is 0.415 e. The second kappa shape index (κ2) is 7.46. The van der Waals surface area contributed by atoms with Gasteiger partial charge in [0.1, 0.15) is 18.2 Å². The predicted molar refractivity (Wildman–Crippen MR) is 101 cm³/mol. The van der Waals surface area contributed by atoms with Crippen LogP contribution in [0.5, 0.6) is 0 Å². The summed E-state index contributed by atoms with van der Waals surface area (Å²) in [5.74, 6) is 1.84. The van der Waals surface area contributed by atoms with Crippen molar-refractivity contribution in [1.29, 1.82) is 0 Å². The minimum Gasteiger partial charge on any atom is -0.447 e. The van der Waals surface area contributed by atoms with Crippen molar-refractivity contribution in [2.75, 3.05) is 16.8 Å². The van der Waals surface area contributed by atoms with Crippen molar-refractivity contribution in [3.8, 4) is 0 Å². The highest BCUT2D eigenvalue weighted by atomic mass is 127. The molecule has 1 saturated heterocycles. The van der Waals surface area contributed by atoms with Crippen molar-refractivity contribution in [3.05, 3.63) is 34.1 Å². The Morgan fingerprint density at radius 1 is 1.28 bits per heavy atom. The van der Waals surface area contributed by atoms with Crippen LogP contribution < -0.4 is 10.2 Å². The normalized spacial score (nSPS) is 18.4. The third kappa shape index (κ3) is 3.97. The number of anilines is 2. The van der Waals surface area contributed by atoms with Crippen molar-refractivity contribution < 1.29 is 9.53 Å². The molecule has 0 aliphatic carbocycles. The van der Waals surface area contributed by atoms with E-state index in [1.165, 1.54) is 0 Å². The van der Waals surface area contributed by atoms with E-state index in [0.717, 1.165) is 3.57 Å². The average Bonchev–Trinajstić information content (AvgIpc) is 2.97. The van der Waals surface area contributed by atoms with E-state index in [1.54, 1.807) is 29.6 Å². The standard InChI is InChI=1S/C16H19IN6O2/c1-9(2)12-8-25-16(24)23(12)13-4-5-18-15(22-13)21-10(3)14-19-6-11(17)7-20-14/h4-7,9-10,12H,8H2,1-3H3,(H,18,21,22)/t10-,12?/m0/s1. The molecule has 132 valence electrons. The van der Waals surface area contributed by atoms with Gasteiger partial charge in [-0.05, 0) is 41.5 Å². The number of halogens is 1. The molecule has 1 amide bonds. The molecule has 0 radical (unpaired) electrons. The molecule has 3 rings (SSSR count). The van der Waals surface area contributed by atoms with Crippen molar-refractivity contribution in [2.45, 2.75) is 32.9 Å². The van der Waals surface area contributed by atoms with Crippen LogP contribution in [0.25, 0.3) is 0 Å². The monoisotopic (exact) mass is 454 g/mol. The van der Waals surface area contributed by atoms with E-state index in [0.29, 0.717) is 24.2 Å². The zero-order valence-corrected chi connectivity index (χ0v) is 16.3. The van der Waals surface area contributed by atoms with E-state index in [9.17, 15) is 4.79 Å². The Bertz CT molecular complexity index is 755. The highest BCUT2D eigenvalue weighted by molar-refractivity contribution is 14.1. The van der Waals surface area contributed by atoms with Crippen molar-refractivity contribution >= 4 is 40.5 Å². The van der Waals surface area contributed by atoms with Gasteiger partial charge in [0.15, 0.2) is 0 Å². The molecular weight excluding hydrogens is 435 g/mol. The van der Waals surface area contributed by atoms with Gasteiger partial charge in [0.2, 0.25) is 5.95 Å². The first-order valence-corrected chi connectivity index (χ1v) is 9.06. The summed E-state index contributed by atoms with van der Waals surface area (Å²) >= 11 is 2.16. The molecule has 1 unspecified atom stereocenters. The van der Waals surface area contributed by atoms with Crippen LogP contribution in [0, 0.1) is 9.49 Å². The molecule has 0 aromatic carbocycles. The molecule has 3 heterocycles. The highest BCUT2D eigenvalue weighted by Crippen LogP contribution is 2.26. The quantitative estimate of drug-likeness (QED) is 0.695. The molecule has 1 fully saturated rings. The zero-order chi connectivity index (χ0) is 18.0. The number of ether oxygens (including phenoxy) is 1. The van der Waals surface area contributed by atoms with Gasteiger partial charge in [-0.2, -0.15) is 4.98 Å². The number of nitrogens with zero attached hydrogens (tertiary/aromatic N) is 5. The van der Waals surface area contributed by atoms with Crippen LogP contribution in [-0.4, -0.2) is 38.7 Å². The van der Waals surface area contributed by atoms with E-state index < -0.39 is 0 Å².